The predicted octanol–water partition coefficient (Wildman–Crippen LogP) is 5.31. The Morgan fingerprint density at radius 2 is 1.91 bits per heavy atom. The second-order valence-electron chi connectivity index (χ2n) is 10.5. The molecule has 1 aliphatic heterocycles. The third-order valence-electron chi connectivity index (χ3n) is 7.42. The van der Waals surface area contributed by atoms with Crippen LogP contribution < -0.4 is 27.5 Å². The molecule has 16 heteroatoms. The number of hydrogen-bond acceptors (Lipinski definition) is 8. The number of benzene rings is 1. The van der Waals surface area contributed by atoms with Crippen molar-refractivity contribution in [1.82, 2.24) is 24.3 Å². The smallest absolute Gasteiger partial charge is 0.333 e. The highest BCUT2D eigenvalue weighted by atomic mass is 35.5. The van der Waals surface area contributed by atoms with Crippen LogP contribution in [0.2, 0.25) is 5.02 Å². The summed E-state index contributed by atoms with van der Waals surface area (Å²) in [5.74, 6) is 5.18. The lowest BCUT2D eigenvalue weighted by molar-refractivity contribution is -0.119. The Hall–Kier alpha value is -4.76. The Kier molecular flexibility index (Phi) is 9.20. The highest BCUT2D eigenvalue weighted by Crippen LogP contribution is 2.35. The Morgan fingerprint density at radius 3 is 2.62 bits per heavy atom. The molecule has 0 aliphatic carbocycles. The van der Waals surface area contributed by atoms with E-state index < -0.39 is 36.2 Å². The number of hydrogen-bond donors (Lipinski definition) is 3. The fraction of sp³-hybridized carbons (Fsp3) is 0.276. The molecule has 1 aromatic carbocycles. The number of allylic oxidation sites excluding steroid dienone is 1. The second kappa shape index (κ2) is 13.1. The number of halogens is 5. The van der Waals surface area contributed by atoms with Crippen molar-refractivity contribution in [2.75, 3.05) is 10.3 Å². The minimum Gasteiger partial charge on any atom is -0.396 e. The summed E-state index contributed by atoms with van der Waals surface area (Å²) >= 11 is 6.21. The first-order valence-electron chi connectivity index (χ1n) is 13.7. The van der Waals surface area contributed by atoms with Gasteiger partial charge in [-0.3, -0.25) is 24.1 Å². The van der Waals surface area contributed by atoms with E-state index in [-0.39, 0.29) is 39.3 Å². The van der Waals surface area contributed by atoms with Gasteiger partial charge in [-0.15, -0.1) is 0 Å². The first-order valence-corrected chi connectivity index (χ1v) is 14.1. The first kappa shape index (κ1) is 31.7. The van der Waals surface area contributed by atoms with Gasteiger partial charge in [0.15, 0.2) is 0 Å². The van der Waals surface area contributed by atoms with Crippen LogP contribution in [-0.4, -0.2) is 36.6 Å². The van der Waals surface area contributed by atoms with E-state index in [1.54, 1.807) is 13.0 Å². The molecule has 3 aromatic heterocycles. The van der Waals surface area contributed by atoms with Gasteiger partial charge in [-0.1, -0.05) is 24.9 Å². The molecule has 4 aromatic rings. The number of aromatic nitrogens is 5. The zero-order valence-corrected chi connectivity index (χ0v) is 24.5. The molecular weight excluding hydrogens is 618 g/mol. The largest absolute Gasteiger partial charge is 0.396 e. The molecule has 0 fully saturated rings. The maximum absolute atomic E-state index is 13.9. The van der Waals surface area contributed by atoms with E-state index in [0.717, 1.165) is 11.2 Å². The molecule has 2 atom stereocenters. The zero-order chi connectivity index (χ0) is 32.4. The maximum Gasteiger partial charge on any atom is 0.333 e. The molecule has 236 valence electrons. The van der Waals surface area contributed by atoms with Gasteiger partial charge in [0.25, 0.3) is 12.0 Å². The van der Waals surface area contributed by atoms with Gasteiger partial charge in [0.1, 0.15) is 0 Å². The summed E-state index contributed by atoms with van der Waals surface area (Å²) in [6, 6.07) is 8.08. The van der Waals surface area contributed by atoms with Gasteiger partial charge in [0.2, 0.25) is 5.91 Å². The summed E-state index contributed by atoms with van der Waals surface area (Å²) in [6.07, 6.45) is 3.15. The standard InChI is InChI=1S/C29H28ClF4N9O2/c1-15-3-2-4-24(21-9-16(7-8-37-21)26-22(40-28(15)45)12-39-43(26)29(33)34)41-14-38-20(11-25(41)44)18-10-17(30)5-6-23(18)42(36)13-19(35)27(31)32/h5-15,24,27,29H,2-4,35-36H2,1H3,(H,40,45)/b19-13-. The van der Waals surface area contributed by atoms with Gasteiger partial charge in [-0.2, -0.15) is 13.9 Å². The van der Waals surface area contributed by atoms with Crippen LogP contribution in [0.3, 0.4) is 0 Å². The molecule has 1 aliphatic rings. The second-order valence-corrected chi connectivity index (χ2v) is 10.9. The summed E-state index contributed by atoms with van der Waals surface area (Å²) in [5.41, 5.74) is 5.58. The molecule has 0 saturated carbocycles. The molecule has 5 rings (SSSR count). The van der Waals surface area contributed by atoms with E-state index in [4.69, 9.17) is 23.2 Å². The van der Waals surface area contributed by atoms with Gasteiger partial charge in [-0.25, -0.2) is 24.3 Å². The van der Waals surface area contributed by atoms with Crippen molar-refractivity contribution in [1.29, 1.82) is 0 Å². The Balaban J connectivity index is 1.59. The average molecular weight is 646 g/mol. The van der Waals surface area contributed by atoms with E-state index in [2.05, 4.69) is 20.4 Å². The van der Waals surface area contributed by atoms with E-state index in [1.165, 1.54) is 53.6 Å². The van der Waals surface area contributed by atoms with E-state index in [1.807, 2.05) is 0 Å². The highest BCUT2D eigenvalue weighted by Gasteiger charge is 2.26. The van der Waals surface area contributed by atoms with E-state index in [0.29, 0.717) is 35.2 Å². The predicted molar refractivity (Wildman–Crippen MR) is 160 cm³/mol. The number of hydrazine groups is 1. The van der Waals surface area contributed by atoms with Crippen LogP contribution in [-0.2, 0) is 4.79 Å². The van der Waals surface area contributed by atoms with Crippen molar-refractivity contribution in [2.24, 2.45) is 17.5 Å². The number of rotatable bonds is 6. The van der Waals surface area contributed by atoms with E-state index in [9.17, 15) is 27.2 Å². The van der Waals surface area contributed by atoms with Gasteiger partial charge in [0.05, 0.1) is 52.7 Å². The average Bonchev–Trinajstić information content (AvgIpc) is 3.42. The van der Waals surface area contributed by atoms with Crippen LogP contribution in [0.5, 0.6) is 0 Å². The molecule has 0 saturated heterocycles. The molecule has 2 unspecified atom stereocenters. The lowest BCUT2D eigenvalue weighted by Gasteiger charge is -2.23. The molecular formula is C29H28ClF4N9O2. The van der Waals surface area contributed by atoms with Crippen molar-refractivity contribution < 1.29 is 22.4 Å². The summed E-state index contributed by atoms with van der Waals surface area (Å²) in [4.78, 5) is 35.4. The lowest BCUT2D eigenvalue weighted by atomic mass is 9.97. The molecule has 5 N–H and O–H groups in total. The fourth-order valence-electron chi connectivity index (χ4n) is 5.12. The number of carbonyl (C=O) groups excluding carboxylic acids is 1. The number of nitrogens with one attached hydrogen (secondary N) is 1. The van der Waals surface area contributed by atoms with Crippen molar-refractivity contribution >= 4 is 28.9 Å². The van der Waals surface area contributed by atoms with Gasteiger partial charge >= 0.3 is 6.55 Å². The van der Waals surface area contributed by atoms with Crippen molar-refractivity contribution in [3.05, 3.63) is 88.1 Å². The van der Waals surface area contributed by atoms with Crippen LogP contribution >= 0.6 is 11.6 Å². The Morgan fingerprint density at radius 1 is 1.13 bits per heavy atom. The van der Waals surface area contributed by atoms with Crippen LogP contribution in [0.15, 0.2) is 71.8 Å². The van der Waals surface area contributed by atoms with Gasteiger partial charge in [-0.05, 0) is 43.2 Å². The molecule has 0 radical (unpaired) electrons. The topological polar surface area (TPSA) is 150 Å². The van der Waals surface area contributed by atoms with Crippen LogP contribution in [0.25, 0.3) is 22.5 Å². The number of amides is 1. The number of pyridine rings is 1. The maximum atomic E-state index is 13.9. The Bertz CT molecular complexity index is 1810. The third-order valence-corrected chi connectivity index (χ3v) is 7.66. The summed E-state index contributed by atoms with van der Waals surface area (Å²) in [5, 5.41) is 7.65. The number of fused-ring (bicyclic) bond motifs is 4. The molecule has 0 spiro atoms. The highest BCUT2D eigenvalue weighted by molar-refractivity contribution is 6.31. The third kappa shape index (κ3) is 6.68. The summed E-state index contributed by atoms with van der Waals surface area (Å²) in [6.45, 7) is -1.26. The summed E-state index contributed by atoms with van der Waals surface area (Å²) < 4.78 is 55.7. The van der Waals surface area contributed by atoms with Crippen molar-refractivity contribution in [2.45, 2.75) is 45.2 Å². The fourth-order valence-corrected chi connectivity index (χ4v) is 5.29. The number of nitrogens with zero attached hydrogens (tertiary/aromatic N) is 6. The number of alkyl halides is 4. The lowest BCUT2D eigenvalue weighted by Crippen LogP contribution is -2.29. The molecule has 45 heavy (non-hydrogen) atoms. The Labute approximate surface area is 259 Å². The van der Waals surface area contributed by atoms with Crippen LogP contribution in [0.1, 0.15) is 44.5 Å². The van der Waals surface area contributed by atoms with Crippen LogP contribution in [0, 0.1) is 5.92 Å². The number of anilines is 2. The molecule has 2 bridgehead atoms. The zero-order valence-electron chi connectivity index (χ0n) is 23.7. The van der Waals surface area contributed by atoms with Crippen molar-refractivity contribution in [3.8, 4) is 22.5 Å². The van der Waals surface area contributed by atoms with Gasteiger partial charge < -0.3 is 11.1 Å². The molecule has 1 amide bonds. The molecule has 4 heterocycles. The minimum atomic E-state index is -2.98. The van der Waals surface area contributed by atoms with Crippen molar-refractivity contribution in [3.63, 3.8) is 0 Å². The first-order chi connectivity index (χ1) is 21.4. The van der Waals surface area contributed by atoms with E-state index >= 15 is 0 Å². The SMILES string of the molecule is CC1CCCC(n2cnc(-c3cc(Cl)ccc3N(N)/C=C(\N)C(F)F)cc2=O)c2cc(ccn2)-c2c(cnn2C(F)F)NC1=O. The quantitative estimate of drug-likeness (QED) is 0.145. The normalized spacial score (nSPS) is 17.4. The molecule has 11 nitrogen and oxygen atoms in total. The number of nitrogens with two attached hydrogens (primary N) is 2. The minimum absolute atomic E-state index is 0.00399. The van der Waals surface area contributed by atoms with Crippen LogP contribution in [0.4, 0.5) is 28.9 Å². The van der Waals surface area contributed by atoms with Gasteiger partial charge in [0, 0.05) is 40.5 Å². The summed E-state index contributed by atoms with van der Waals surface area (Å²) in [7, 11) is 0. The number of carbonyl (C=O) groups is 1. The monoisotopic (exact) mass is 645 g/mol.